The largest absolute Gasteiger partial charge is 0.488 e. The van der Waals surface area contributed by atoms with E-state index in [1.807, 2.05) is 49.5 Å². The lowest BCUT2D eigenvalue weighted by Gasteiger charge is -2.31. The maximum absolute atomic E-state index is 6.27. The van der Waals surface area contributed by atoms with Gasteiger partial charge >= 0.3 is 0 Å². The molecule has 5 heterocycles. The van der Waals surface area contributed by atoms with E-state index in [1.54, 1.807) is 10.8 Å². The molecular weight excluding hydrogens is 458 g/mol. The molecule has 0 saturated carbocycles. The summed E-state index contributed by atoms with van der Waals surface area (Å²) >= 11 is 0. The van der Waals surface area contributed by atoms with Crippen molar-refractivity contribution >= 4 is 33.7 Å². The Morgan fingerprint density at radius 1 is 1.06 bits per heavy atom. The van der Waals surface area contributed by atoms with Gasteiger partial charge in [-0.25, -0.2) is 19.5 Å². The van der Waals surface area contributed by atoms with Crippen LogP contribution in [0.15, 0.2) is 61.3 Å². The van der Waals surface area contributed by atoms with Crippen molar-refractivity contribution in [3.05, 3.63) is 66.9 Å². The van der Waals surface area contributed by atoms with E-state index in [0.29, 0.717) is 24.8 Å². The second-order valence-electron chi connectivity index (χ2n) is 8.91. The number of nitrogens with zero attached hydrogens (tertiary/aromatic N) is 6. The number of morpholine rings is 1. The lowest BCUT2D eigenvalue weighted by atomic mass is 10.1. The van der Waals surface area contributed by atoms with Crippen molar-refractivity contribution in [2.24, 2.45) is 0 Å². The van der Waals surface area contributed by atoms with Crippen LogP contribution in [-0.4, -0.2) is 57.0 Å². The molecule has 2 aliphatic heterocycles. The molecule has 0 spiro atoms. The highest BCUT2D eigenvalue weighted by atomic mass is 16.5. The van der Waals surface area contributed by atoms with E-state index in [1.165, 1.54) is 6.33 Å². The van der Waals surface area contributed by atoms with Gasteiger partial charge in [-0.1, -0.05) is 0 Å². The van der Waals surface area contributed by atoms with Gasteiger partial charge in [0.1, 0.15) is 42.7 Å². The lowest BCUT2D eigenvalue weighted by Crippen LogP contribution is -2.43. The van der Waals surface area contributed by atoms with E-state index < -0.39 is 0 Å². The van der Waals surface area contributed by atoms with Crippen molar-refractivity contribution in [3.63, 3.8) is 0 Å². The molecule has 1 N–H and O–H groups in total. The number of fused-ring (bicyclic) bond motifs is 7. The van der Waals surface area contributed by atoms with Crippen LogP contribution in [0, 0.1) is 6.92 Å². The zero-order valence-electron chi connectivity index (χ0n) is 19.6. The molecule has 5 aromatic rings. The molecule has 10 nitrogen and oxygen atoms in total. The second kappa shape index (κ2) is 8.35. The molecule has 36 heavy (non-hydrogen) atoms. The van der Waals surface area contributed by atoms with Gasteiger partial charge in [-0.3, -0.25) is 0 Å². The molecule has 1 atom stereocenters. The van der Waals surface area contributed by atoms with Crippen LogP contribution in [0.25, 0.3) is 16.6 Å². The third kappa shape index (κ3) is 3.62. The van der Waals surface area contributed by atoms with Crippen molar-refractivity contribution in [1.29, 1.82) is 0 Å². The number of hydrogen-bond acceptors (Lipinski definition) is 9. The fraction of sp³-hybridized carbons (Fsp3) is 0.231. The van der Waals surface area contributed by atoms with Gasteiger partial charge in [0.05, 0.1) is 23.2 Å². The van der Waals surface area contributed by atoms with E-state index in [9.17, 15) is 0 Å². The van der Waals surface area contributed by atoms with Gasteiger partial charge < -0.3 is 24.4 Å². The van der Waals surface area contributed by atoms with Crippen molar-refractivity contribution in [1.82, 2.24) is 24.6 Å². The SMILES string of the molecule is Cc1cc(Nc2ncnc3ccc4c(c23)OC[C@@H]2CN4CCO2)ccc1Oc1ccn2ncnc2c1. The van der Waals surface area contributed by atoms with Crippen LogP contribution in [0.2, 0.25) is 0 Å². The van der Waals surface area contributed by atoms with Crippen LogP contribution in [0.3, 0.4) is 0 Å². The second-order valence-corrected chi connectivity index (χ2v) is 8.91. The molecule has 0 amide bonds. The number of anilines is 3. The van der Waals surface area contributed by atoms with Gasteiger partial charge in [-0.05, 0) is 48.9 Å². The Kier molecular flexibility index (Phi) is 4.84. The molecule has 180 valence electrons. The number of hydrogen-bond donors (Lipinski definition) is 1. The lowest BCUT2D eigenvalue weighted by molar-refractivity contribution is 0.0160. The summed E-state index contributed by atoms with van der Waals surface area (Å²) in [5.41, 5.74) is 4.47. The molecule has 3 aromatic heterocycles. The number of aryl methyl sites for hydroxylation is 1. The van der Waals surface area contributed by atoms with Gasteiger partial charge in [-0.15, -0.1) is 0 Å². The number of rotatable bonds is 4. The maximum Gasteiger partial charge on any atom is 0.158 e. The van der Waals surface area contributed by atoms with E-state index >= 15 is 0 Å². The van der Waals surface area contributed by atoms with Gasteiger partial charge in [0.15, 0.2) is 11.4 Å². The monoisotopic (exact) mass is 481 g/mol. The molecule has 1 fully saturated rings. The van der Waals surface area contributed by atoms with Crippen LogP contribution in [-0.2, 0) is 4.74 Å². The number of nitrogens with one attached hydrogen (secondary N) is 1. The van der Waals surface area contributed by atoms with Gasteiger partial charge in [0.2, 0.25) is 0 Å². The van der Waals surface area contributed by atoms with Crippen LogP contribution in [0.1, 0.15) is 5.56 Å². The minimum absolute atomic E-state index is 0.0582. The quantitative estimate of drug-likeness (QED) is 0.406. The maximum atomic E-state index is 6.27. The summed E-state index contributed by atoms with van der Waals surface area (Å²) in [5.74, 6) is 2.95. The first-order valence-corrected chi connectivity index (χ1v) is 11.8. The Morgan fingerprint density at radius 3 is 2.97 bits per heavy atom. The fourth-order valence-electron chi connectivity index (χ4n) is 4.78. The first kappa shape index (κ1) is 20.9. The summed E-state index contributed by atoms with van der Waals surface area (Å²) in [4.78, 5) is 15.6. The average molecular weight is 482 g/mol. The van der Waals surface area contributed by atoms with E-state index in [4.69, 9.17) is 14.2 Å². The summed E-state index contributed by atoms with van der Waals surface area (Å²) in [7, 11) is 0. The molecule has 0 unspecified atom stereocenters. The van der Waals surface area contributed by atoms with E-state index in [-0.39, 0.29) is 6.10 Å². The molecule has 2 aromatic carbocycles. The minimum atomic E-state index is 0.0582. The van der Waals surface area contributed by atoms with Crippen LogP contribution in [0.4, 0.5) is 17.2 Å². The molecule has 1 saturated heterocycles. The number of pyridine rings is 1. The minimum Gasteiger partial charge on any atom is -0.488 e. The fourth-order valence-corrected chi connectivity index (χ4v) is 4.78. The normalized spacial score (nSPS) is 16.9. The predicted molar refractivity (Wildman–Crippen MR) is 135 cm³/mol. The Labute approximate surface area is 206 Å². The number of ether oxygens (including phenoxy) is 3. The molecular formula is C26H23N7O3. The van der Waals surface area contributed by atoms with Crippen LogP contribution < -0.4 is 19.7 Å². The Balaban J connectivity index is 1.21. The standard InChI is InChI=1S/C26H23N7O3/c1-16-10-17(2-5-22(16)36-18-6-7-33-23(11-18)28-15-30-33)31-26-24-20(27-14-29-26)3-4-21-25(24)35-13-19-12-32(21)8-9-34-19/h2-7,10-11,14-15,19H,8-9,12-13H2,1H3,(H,27,29,31)/t19-/m0/s1. The van der Waals surface area contributed by atoms with Crippen LogP contribution >= 0.6 is 0 Å². The van der Waals surface area contributed by atoms with Gasteiger partial charge in [0, 0.05) is 31.0 Å². The zero-order chi connectivity index (χ0) is 24.1. The predicted octanol–water partition coefficient (Wildman–Crippen LogP) is 4.11. The molecule has 0 radical (unpaired) electrons. The molecule has 2 bridgehead atoms. The number of aromatic nitrogens is 5. The van der Waals surface area contributed by atoms with Crippen molar-refractivity contribution < 1.29 is 14.2 Å². The van der Waals surface area contributed by atoms with Crippen molar-refractivity contribution in [2.45, 2.75) is 13.0 Å². The average Bonchev–Trinajstić information content (AvgIpc) is 3.32. The molecule has 0 aliphatic carbocycles. The molecule has 10 heteroatoms. The van der Waals surface area contributed by atoms with Gasteiger partial charge in [-0.2, -0.15) is 5.10 Å². The van der Waals surface area contributed by atoms with E-state index in [0.717, 1.165) is 58.1 Å². The zero-order valence-corrected chi connectivity index (χ0v) is 19.6. The smallest absolute Gasteiger partial charge is 0.158 e. The summed E-state index contributed by atoms with van der Waals surface area (Å²) in [6, 6.07) is 13.8. The highest BCUT2D eigenvalue weighted by Gasteiger charge is 2.29. The number of benzene rings is 2. The first-order valence-electron chi connectivity index (χ1n) is 11.8. The highest BCUT2D eigenvalue weighted by Crippen LogP contribution is 2.42. The summed E-state index contributed by atoms with van der Waals surface area (Å²) < 4.78 is 19.9. The third-order valence-electron chi connectivity index (χ3n) is 6.55. The molecule has 7 rings (SSSR count). The van der Waals surface area contributed by atoms with Crippen molar-refractivity contribution in [2.75, 3.05) is 36.5 Å². The first-order chi connectivity index (χ1) is 17.7. The topological polar surface area (TPSA) is 98.9 Å². The third-order valence-corrected chi connectivity index (χ3v) is 6.55. The van der Waals surface area contributed by atoms with Gasteiger partial charge in [0.25, 0.3) is 0 Å². The Bertz CT molecular complexity index is 1600. The summed E-state index contributed by atoms with van der Waals surface area (Å²) in [6.07, 6.45) is 4.97. The van der Waals surface area contributed by atoms with E-state index in [2.05, 4.69) is 36.3 Å². The van der Waals surface area contributed by atoms with Crippen LogP contribution in [0.5, 0.6) is 17.2 Å². The van der Waals surface area contributed by atoms with Crippen molar-refractivity contribution in [3.8, 4) is 17.2 Å². The Morgan fingerprint density at radius 2 is 2.03 bits per heavy atom. The summed E-state index contributed by atoms with van der Waals surface area (Å²) in [6.45, 7) is 4.86. The highest BCUT2D eigenvalue weighted by molar-refractivity contribution is 6.00. The molecule has 2 aliphatic rings. The summed E-state index contributed by atoms with van der Waals surface area (Å²) in [5, 5.41) is 8.45. The Hall–Kier alpha value is -4.44.